The molecule has 0 aliphatic carbocycles. The summed E-state index contributed by atoms with van der Waals surface area (Å²) < 4.78 is 5.33. The fourth-order valence-electron chi connectivity index (χ4n) is 2.77. The van der Waals surface area contributed by atoms with Gasteiger partial charge in [0.15, 0.2) is 0 Å². The highest BCUT2D eigenvalue weighted by atomic mass is 16.5. The Balaban J connectivity index is 1.76. The zero-order chi connectivity index (χ0) is 18.4. The lowest BCUT2D eigenvalue weighted by atomic mass is 10.0. The first-order valence-corrected chi connectivity index (χ1v) is 8.54. The van der Waals surface area contributed by atoms with Gasteiger partial charge in [0.25, 0.3) is 0 Å². The van der Waals surface area contributed by atoms with E-state index in [1.807, 2.05) is 85.8 Å². The van der Waals surface area contributed by atoms with Crippen LogP contribution in [0.4, 0.5) is 11.4 Å². The van der Waals surface area contributed by atoms with Gasteiger partial charge in [-0.25, -0.2) is 0 Å². The molecule has 3 aromatic rings. The third kappa shape index (κ3) is 4.03. The molecule has 4 heteroatoms. The Bertz CT molecular complexity index is 878. The van der Waals surface area contributed by atoms with Crippen LogP contribution >= 0.6 is 0 Å². The number of nitrogens with one attached hydrogen (secondary N) is 2. The minimum Gasteiger partial charge on any atom is -0.495 e. The maximum Gasteiger partial charge on any atom is 0.246 e. The van der Waals surface area contributed by atoms with Crippen LogP contribution < -0.4 is 15.4 Å². The van der Waals surface area contributed by atoms with E-state index in [4.69, 9.17) is 4.74 Å². The Morgan fingerprint density at radius 1 is 0.846 bits per heavy atom. The monoisotopic (exact) mass is 346 g/mol. The Morgan fingerprint density at radius 3 is 2.19 bits per heavy atom. The molecular formula is C22H22N2O2. The number of carbonyl (C=O) groups excluding carboxylic acids is 1. The number of anilines is 2. The number of methoxy groups -OCH3 is 1. The molecule has 0 aliphatic rings. The van der Waals surface area contributed by atoms with Crippen LogP contribution in [0.25, 0.3) is 11.1 Å². The van der Waals surface area contributed by atoms with Crippen LogP contribution in [0.1, 0.15) is 6.92 Å². The highest BCUT2D eigenvalue weighted by molar-refractivity contribution is 5.99. The van der Waals surface area contributed by atoms with E-state index in [1.54, 1.807) is 7.11 Å². The Labute approximate surface area is 153 Å². The van der Waals surface area contributed by atoms with Crippen molar-refractivity contribution in [3.05, 3.63) is 78.9 Å². The molecule has 0 saturated heterocycles. The third-order valence-corrected chi connectivity index (χ3v) is 4.14. The summed E-state index contributed by atoms with van der Waals surface area (Å²) in [5.41, 5.74) is 3.63. The molecule has 0 fully saturated rings. The van der Waals surface area contributed by atoms with Gasteiger partial charge in [0, 0.05) is 11.3 Å². The van der Waals surface area contributed by atoms with Gasteiger partial charge in [-0.2, -0.15) is 0 Å². The molecule has 3 rings (SSSR count). The largest absolute Gasteiger partial charge is 0.495 e. The van der Waals surface area contributed by atoms with Crippen LogP contribution in [-0.4, -0.2) is 19.1 Å². The number of carbonyl (C=O) groups is 1. The number of rotatable bonds is 6. The van der Waals surface area contributed by atoms with Crippen LogP contribution in [0.5, 0.6) is 5.75 Å². The minimum atomic E-state index is -0.421. The number of ether oxygens (including phenoxy) is 1. The smallest absolute Gasteiger partial charge is 0.246 e. The summed E-state index contributed by atoms with van der Waals surface area (Å²) in [5.74, 6) is 0.594. The van der Waals surface area contributed by atoms with E-state index >= 15 is 0 Å². The van der Waals surface area contributed by atoms with Crippen LogP contribution in [0.3, 0.4) is 0 Å². The lowest BCUT2D eigenvalue weighted by molar-refractivity contribution is -0.116. The van der Waals surface area contributed by atoms with Crippen molar-refractivity contribution in [1.29, 1.82) is 0 Å². The zero-order valence-electron chi connectivity index (χ0n) is 14.9. The number of para-hydroxylation sites is 3. The van der Waals surface area contributed by atoms with Crippen molar-refractivity contribution >= 4 is 17.3 Å². The average Bonchev–Trinajstić information content (AvgIpc) is 2.69. The van der Waals surface area contributed by atoms with Crippen molar-refractivity contribution in [3.63, 3.8) is 0 Å². The molecule has 1 amide bonds. The van der Waals surface area contributed by atoms with E-state index in [0.717, 1.165) is 22.5 Å². The van der Waals surface area contributed by atoms with Gasteiger partial charge >= 0.3 is 0 Å². The number of benzene rings is 3. The topological polar surface area (TPSA) is 50.4 Å². The molecule has 4 nitrogen and oxygen atoms in total. The fraction of sp³-hybridized carbons (Fsp3) is 0.136. The molecule has 0 spiro atoms. The first kappa shape index (κ1) is 17.5. The summed E-state index contributed by atoms with van der Waals surface area (Å²) in [6, 6.07) is 24.9. The Kier molecular flexibility index (Phi) is 5.54. The Hall–Kier alpha value is -3.27. The molecule has 26 heavy (non-hydrogen) atoms. The number of hydrogen-bond acceptors (Lipinski definition) is 3. The molecule has 3 aromatic carbocycles. The summed E-state index contributed by atoms with van der Waals surface area (Å²) in [6.07, 6.45) is 0. The fourth-order valence-corrected chi connectivity index (χ4v) is 2.77. The van der Waals surface area contributed by atoms with Gasteiger partial charge in [0.1, 0.15) is 11.8 Å². The van der Waals surface area contributed by atoms with Gasteiger partial charge in [0.05, 0.1) is 12.8 Å². The predicted molar refractivity (Wildman–Crippen MR) is 107 cm³/mol. The second-order valence-corrected chi connectivity index (χ2v) is 5.97. The molecular weight excluding hydrogens is 324 g/mol. The highest BCUT2D eigenvalue weighted by Gasteiger charge is 2.16. The van der Waals surface area contributed by atoms with E-state index in [2.05, 4.69) is 10.6 Å². The minimum absolute atomic E-state index is 0.112. The van der Waals surface area contributed by atoms with E-state index in [1.165, 1.54) is 0 Å². The highest BCUT2D eigenvalue weighted by Crippen LogP contribution is 2.28. The second-order valence-electron chi connectivity index (χ2n) is 5.97. The summed E-state index contributed by atoms with van der Waals surface area (Å²) in [6.45, 7) is 1.83. The maximum absolute atomic E-state index is 12.7. The summed E-state index contributed by atoms with van der Waals surface area (Å²) in [4.78, 5) is 12.7. The van der Waals surface area contributed by atoms with E-state index < -0.39 is 6.04 Å². The van der Waals surface area contributed by atoms with Crippen LogP contribution in [-0.2, 0) is 4.79 Å². The maximum atomic E-state index is 12.7. The standard InChI is InChI=1S/C22H22N2O2/c1-16(23-20-14-8-9-15-21(20)26-2)22(25)24-19-13-7-6-12-18(19)17-10-4-3-5-11-17/h3-16,23H,1-2H3,(H,24,25)/t16-/m1/s1. The molecule has 1 atom stereocenters. The lowest BCUT2D eigenvalue weighted by Gasteiger charge is -2.18. The molecule has 0 heterocycles. The van der Waals surface area contributed by atoms with Crippen LogP contribution in [0.2, 0.25) is 0 Å². The van der Waals surface area contributed by atoms with E-state index in [0.29, 0.717) is 5.75 Å². The first-order chi connectivity index (χ1) is 12.7. The quantitative estimate of drug-likeness (QED) is 0.674. The summed E-state index contributed by atoms with van der Waals surface area (Å²) in [7, 11) is 1.61. The number of hydrogen-bond donors (Lipinski definition) is 2. The first-order valence-electron chi connectivity index (χ1n) is 8.54. The van der Waals surface area contributed by atoms with Gasteiger partial charge in [-0.3, -0.25) is 4.79 Å². The Morgan fingerprint density at radius 2 is 1.46 bits per heavy atom. The lowest BCUT2D eigenvalue weighted by Crippen LogP contribution is -2.32. The average molecular weight is 346 g/mol. The van der Waals surface area contributed by atoms with E-state index in [9.17, 15) is 4.79 Å². The van der Waals surface area contributed by atoms with Gasteiger partial charge in [0.2, 0.25) is 5.91 Å². The van der Waals surface area contributed by atoms with Gasteiger partial charge in [-0.15, -0.1) is 0 Å². The second kappa shape index (κ2) is 8.21. The molecule has 0 unspecified atom stereocenters. The molecule has 0 saturated carbocycles. The van der Waals surface area contributed by atoms with Crippen LogP contribution in [0, 0.1) is 0 Å². The van der Waals surface area contributed by atoms with Gasteiger partial charge < -0.3 is 15.4 Å². The van der Waals surface area contributed by atoms with Crippen molar-refractivity contribution in [2.45, 2.75) is 13.0 Å². The normalized spacial score (nSPS) is 11.5. The predicted octanol–water partition coefficient (Wildman–Crippen LogP) is 4.80. The van der Waals surface area contributed by atoms with Crippen molar-refractivity contribution in [2.75, 3.05) is 17.7 Å². The zero-order valence-corrected chi connectivity index (χ0v) is 14.9. The van der Waals surface area contributed by atoms with Crippen molar-refractivity contribution < 1.29 is 9.53 Å². The van der Waals surface area contributed by atoms with Crippen molar-refractivity contribution in [3.8, 4) is 16.9 Å². The molecule has 132 valence electrons. The summed E-state index contributed by atoms with van der Waals surface area (Å²) in [5, 5.41) is 6.23. The third-order valence-electron chi connectivity index (χ3n) is 4.14. The van der Waals surface area contributed by atoms with Gasteiger partial charge in [-0.05, 0) is 30.7 Å². The van der Waals surface area contributed by atoms with Crippen molar-refractivity contribution in [2.24, 2.45) is 0 Å². The molecule has 0 aromatic heterocycles. The van der Waals surface area contributed by atoms with Gasteiger partial charge in [-0.1, -0.05) is 60.7 Å². The molecule has 0 aliphatic heterocycles. The van der Waals surface area contributed by atoms with Crippen molar-refractivity contribution in [1.82, 2.24) is 0 Å². The molecule has 0 bridgehead atoms. The SMILES string of the molecule is COc1ccccc1N[C@H](C)C(=O)Nc1ccccc1-c1ccccc1. The van der Waals surface area contributed by atoms with E-state index in [-0.39, 0.29) is 5.91 Å². The molecule has 2 N–H and O–H groups in total. The summed E-state index contributed by atoms with van der Waals surface area (Å²) >= 11 is 0. The number of amides is 1. The molecule has 0 radical (unpaired) electrons. The van der Waals surface area contributed by atoms with Crippen LogP contribution in [0.15, 0.2) is 78.9 Å².